The van der Waals surface area contributed by atoms with E-state index in [1.54, 1.807) is 36.0 Å². The van der Waals surface area contributed by atoms with Crippen LogP contribution in [0.15, 0.2) is 12.3 Å². The largest absolute Gasteiger partial charge is 0.369 e. The number of hydrogen-bond donors (Lipinski definition) is 1. The summed E-state index contributed by atoms with van der Waals surface area (Å²) in [7, 11) is 1.81. The van der Waals surface area contributed by atoms with E-state index in [-0.39, 0.29) is 11.9 Å². The third-order valence-electron chi connectivity index (χ3n) is 3.02. The Morgan fingerprint density at radius 2 is 2.30 bits per heavy atom. The van der Waals surface area contributed by atoms with Gasteiger partial charge in [-0.25, -0.2) is 4.98 Å². The number of rotatable bonds is 7. The number of amides is 1. The van der Waals surface area contributed by atoms with E-state index in [9.17, 15) is 4.79 Å². The Balaban J connectivity index is 2.81. The quantitative estimate of drug-likeness (QED) is 0.838. The summed E-state index contributed by atoms with van der Waals surface area (Å²) in [5.74, 6) is 1.48. The third-order valence-corrected chi connectivity index (χ3v) is 4.12. The van der Waals surface area contributed by atoms with E-state index in [2.05, 4.69) is 17.2 Å². The summed E-state index contributed by atoms with van der Waals surface area (Å²) in [6.45, 7) is 4.91. The molecule has 1 amide bonds. The number of aromatic nitrogens is 1. The number of hydrogen-bond acceptors (Lipinski definition) is 4. The van der Waals surface area contributed by atoms with Gasteiger partial charge in [0, 0.05) is 31.6 Å². The lowest BCUT2D eigenvalue weighted by atomic mass is 10.2. The number of anilines is 1. The van der Waals surface area contributed by atoms with E-state index >= 15 is 0 Å². The van der Waals surface area contributed by atoms with Crippen LogP contribution in [0.5, 0.6) is 0 Å². The fourth-order valence-electron chi connectivity index (χ4n) is 1.69. The Morgan fingerprint density at radius 3 is 2.85 bits per heavy atom. The van der Waals surface area contributed by atoms with Crippen LogP contribution >= 0.6 is 23.4 Å². The van der Waals surface area contributed by atoms with Crippen molar-refractivity contribution in [1.29, 1.82) is 0 Å². The number of carbonyl (C=O) groups excluding carboxylic acids is 1. The van der Waals surface area contributed by atoms with Crippen LogP contribution in [0, 0.1) is 0 Å². The number of nitrogens with one attached hydrogen (secondary N) is 1. The lowest BCUT2D eigenvalue weighted by molar-refractivity contribution is 0.0757. The summed E-state index contributed by atoms with van der Waals surface area (Å²) in [6, 6.07) is 1.85. The molecule has 0 fully saturated rings. The fraction of sp³-hybridized carbons (Fsp3) is 0.571. The molecule has 20 heavy (non-hydrogen) atoms. The van der Waals surface area contributed by atoms with Gasteiger partial charge in [-0.15, -0.1) is 0 Å². The number of pyridine rings is 1. The maximum absolute atomic E-state index is 12.3. The van der Waals surface area contributed by atoms with E-state index < -0.39 is 0 Å². The Bertz CT molecular complexity index is 456. The molecule has 6 heteroatoms. The van der Waals surface area contributed by atoms with Crippen LogP contribution in [0.3, 0.4) is 0 Å². The molecule has 0 aliphatic heterocycles. The highest BCUT2D eigenvalue weighted by molar-refractivity contribution is 7.98. The summed E-state index contributed by atoms with van der Waals surface area (Å²) in [6.07, 6.45) is 4.60. The van der Waals surface area contributed by atoms with Gasteiger partial charge in [0.2, 0.25) is 0 Å². The van der Waals surface area contributed by atoms with Crippen molar-refractivity contribution in [2.75, 3.05) is 30.9 Å². The summed E-state index contributed by atoms with van der Waals surface area (Å²) in [5, 5.41) is 3.61. The molecule has 1 aromatic heterocycles. The van der Waals surface area contributed by atoms with Gasteiger partial charge in [0.05, 0.1) is 10.6 Å². The maximum Gasteiger partial charge on any atom is 0.255 e. The van der Waals surface area contributed by atoms with Gasteiger partial charge in [0.25, 0.3) is 5.91 Å². The Morgan fingerprint density at radius 1 is 1.60 bits per heavy atom. The average Bonchev–Trinajstić information content (AvgIpc) is 2.44. The van der Waals surface area contributed by atoms with E-state index in [0.717, 1.165) is 18.7 Å². The fourth-order valence-corrected chi connectivity index (χ4v) is 2.62. The van der Waals surface area contributed by atoms with Gasteiger partial charge in [0.15, 0.2) is 0 Å². The second-order valence-corrected chi connectivity index (χ2v) is 6.02. The van der Waals surface area contributed by atoms with E-state index in [4.69, 9.17) is 11.6 Å². The van der Waals surface area contributed by atoms with Crippen LogP contribution in [0.1, 0.15) is 30.6 Å². The second kappa shape index (κ2) is 8.37. The topological polar surface area (TPSA) is 45.2 Å². The van der Waals surface area contributed by atoms with Crippen LogP contribution < -0.4 is 5.32 Å². The predicted molar refractivity (Wildman–Crippen MR) is 88.0 cm³/mol. The highest BCUT2D eigenvalue weighted by Gasteiger charge is 2.18. The molecule has 112 valence electrons. The first-order valence-electron chi connectivity index (χ1n) is 6.66. The molecule has 0 saturated heterocycles. The lowest BCUT2D eigenvalue weighted by Crippen LogP contribution is -2.36. The molecule has 0 saturated carbocycles. The number of carbonyl (C=O) groups is 1. The number of halogens is 1. The van der Waals surface area contributed by atoms with Gasteiger partial charge in [-0.05, 0) is 25.7 Å². The molecule has 4 nitrogen and oxygen atoms in total. The Kier molecular flexibility index (Phi) is 7.16. The van der Waals surface area contributed by atoms with Gasteiger partial charge in [-0.1, -0.05) is 18.5 Å². The monoisotopic (exact) mass is 315 g/mol. The van der Waals surface area contributed by atoms with Gasteiger partial charge in [-0.3, -0.25) is 4.79 Å². The molecule has 1 N–H and O–H groups in total. The van der Waals surface area contributed by atoms with E-state index in [1.165, 1.54) is 0 Å². The predicted octanol–water partition coefficient (Wildman–Crippen LogP) is 3.38. The van der Waals surface area contributed by atoms with Gasteiger partial charge >= 0.3 is 0 Å². The molecule has 0 bridgehead atoms. The number of nitrogens with zero attached hydrogens (tertiary/aromatic N) is 2. The minimum atomic E-state index is -0.0528. The molecule has 0 radical (unpaired) electrons. The molecule has 0 aliphatic rings. The standard InChI is InChI=1S/C14H22ClN3OS/c1-5-6-16-13-12(15)7-11(8-17-13)14(19)18(3)10(2)9-20-4/h7-8,10H,5-6,9H2,1-4H3,(H,16,17). The van der Waals surface area contributed by atoms with Crippen molar-refractivity contribution >= 4 is 35.1 Å². The van der Waals surface area contributed by atoms with E-state index in [1.807, 2.05) is 13.2 Å². The summed E-state index contributed by atoms with van der Waals surface area (Å²) in [5.41, 5.74) is 0.521. The minimum Gasteiger partial charge on any atom is -0.369 e. The zero-order valence-electron chi connectivity index (χ0n) is 12.4. The minimum absolute atomic E-state index is 0.0528. The van der Waals surface area contributed by atoms with Gasteiger partial charge in [-0.2, -0.15) is 11.8 Å². The normalized spacial score (nSPS) is 12.1. The zero-order chi connectivity index (χ0) is 15.1. The highest BCUT2D eigenvalue weighted by Crippen LogP contribution is 2.21. The molecule has 1 aromatic rings. The second-order valence-electron chi connectivity index (χ2n) is 4.70. The summed E-state index contributed by atoms with van der Waals surface area (Å²) in [4.78, 5) is 18.3. The number of thioether (sulfide) groups is 1. The lowest BCUT2D eigenvalue weighted by Gasteiger charge is -2.24. The van der Waals surface area contributed by atoms with Crippen molar-refractivity contribution < 1.29 is 4.79 Å². The van der Waals surface area contributed by atoms with Crippen molar-refractivity contribution in [2.24, 2.45) is 0 Å². The molecular formula is C14H22ClN3OS. The molecule has 1 atom stereocenters. The molecule has 0 spiro atoms. The Labute approximate surface area is 130 Å². The smallest absolute Gasteiger partial charge is 0.255 e. The van der Waals surface area contributed by atoms with Crippen LogP contribution in [0.4, 0.5) is 5.82 Å². The van der Waals surface area contributed by atoms with Crippen LogP contribution in [0.2, 0.25) is 5.02 Å². The maximum atomic E-state index is 12.3. The average molecular weight is 316 g/mol. The Hall–Kier alpha value is -0.940. The first-order chi connectivity index (χ1) is 9.51. The van der Waals surface area contributed by atoms with E-state index in [0.29, 0.717) is 16.4 Å². The first-order valence-corrected chi connectivity index (χ1v) is 8.43. The molecule has 0 aromatic carbocycles. The molecule has 0 aliphatic carbocycles. The van der Waals surface area contributed by atoms with Gasteiger partial charge < -0.3 is 10.2 Å². The highest BCUT2D eigenvalue weighted by atomic mass is 35.5. The molecule has 1 unspecified atom stereocenters. The zero-order valence-corrected chi connectivity index (χ0v) is 14.0. The van der Waals surface area contributed by atoms with Crippen molar-refractivity contribution in [1.82, 2.24) is 9.88 Å². The molecular weight excluding hydrogens is 294 g/mol. The molecule has 1 heterocycles. The first kappa shape index (κ1) is 17.1. The summed E-state index contributed by atoms with van der Waals surface area (Å²) < 4.78 is 0. The van der Waals surface area contributed by atoms with Crippen LogP contribution in [-0.4, -0.2) is 47.4 Å². The van der Waals surface area contributed by atoms with Crippen LogP contribution in [0.25, 0.3) is 0 Å². The van der Waals surface area contributed by atoms with Crippen molar-refractivity contribution in [2.45, 2.75) is 26.3 Å². The van der Waals surface area contributed by atoms with Crippen molar-refractivity contribution in [3.05, 3.63) is 22.8 Å². The molecule has 1 rings (SSSR count). The third kappa shape index (κ3) is 4.56. The SMILES string of the molecule is CCCNc1ncc(C(=O)N(C)C(C)CSC)cc1Cl. The summed E-state index contributed by atoms with van der Waals surface area (Å²) >= 11 is 7.87. The van der Waals surface area contributed by atoms with Crippen molar-refractivity contribution in [3.63, 3.8) is 0 Å². The van der Waals surface area contributed by atoms with Gasteiger partial charge in [0.1, 0.15) is 5.82 Å². The van der Waals surface area contributed by atoms with Crippen LogP contribution in [-0.2, 0) is 0 Å². The van der Waals surface area contributed by atoms with Crippen molar-refractivity contribution in [3.8, 4) is 0 Å².